The van der Waals surface area contributed by atoms with Crippen LogP contribution in [0.5, 0.6) is 11.5 Å². The molecule has 0 aliphatic rings. The summed E-state index contributed by atoms with van der Waals surface area (Å²) in [4.78, 5) is 41.7. The first kappa shape index (κ1) is 31.2. The van der Waals surface area contributed by atoms with E-state index in [4.69, 9.17) is 4.74 Å². The van der Waals surface area contributed by atoms with Crippen molar-refractivity contribution in [1.29, 1.82) is 0 Å². The third-order valence-electron chi connectivity index (χ3n) is 5.82. The van der Waals surface area contributed by atoms with E-state index in [9.17, 15) is 24.6 Å². The number of alkyl carbamates (subject to hydrolysis) is 1. The summed E-state index contributed by atoms with van der Waals surface area (Å²) in [6.07, 6.45) is 3.57. The molecule has 0 aliphatic heterocycles. The number of nitrogens with zero attached hydrogens (tertiary/aromatic N) is 1. The number of hydrogen-bond donors (Lipinski definition) is 4. The number of rotatable bonds is 13. The number of benzene rings is 2. The van der Waals surface area contributed by atoms with Crippen LogP contribution in [0, 0.1) is 0 Å². The highest BCUT2D eigenvalue weighted by Crippen LogP contribution is 2.25. The molecule has 3 amide bonds. The van der Waals surface area contributed by atoms with Crippen molar-refractivity contribution in [2.75, 3.05) is 13.1 Å². The molecule has 0 spiro atoms. The standard InChI is InChI=1S/C30H41N3O6/c1-6-8-9-18-31-27(36)26(22-12-16-24(35)17-13-22)33(19-7-2)28(37)25(32-29(38)39-30(3,4)5)20-21-10-14-23(34)15-11-21/h7,10-17,25-26,34-35H,2,6,8-9,18-20H2,1,3-5H3,(H,31,36)(H,32,38). The highest BCUT2D eigenvalue weighted by atomic mass is 16.6. The summed E-state index contributed by atoms with van der Waals surface area (Å²) in [5.41, 5.74) is 0.395. The Morgan fingerprint density at radius 1 is 1.00 bits per heavy atom. The minimum atomic E-state index is -1.09. The van der Waals surface area contributed by atoms with Crippen molar-refractivity contribution >= 4 is 17.9 Å². The molecule has 39 heavy (non-hydrogen) atoms. The van der Waals surface area contributed by atoms with Crippen molar-refractivity contribution < 1.29 is 29.3 Å². The molecule has 2 unspecified atom stereocenters. The topological polar surface area (TPSA) is 128 Å². The third-order valence-corrected chi connectivity index (χ3v) is 5.82. The monoisotopic (exact) mass is 539 g/mol. The average molecular weight is 540 g/mol. The van der Waals surface area contributed by atoms with E-state index in [2.05, 4.69) is 24.1 Å². The molecule has 212 valence electrons. The first-order valence-corrected chi connectivity index (χ1v) is 13.2. The van der Waals surface area contributed by atoms with Crippen LogP contribution in [0.3, 0.4) is 0 Å². The van der Waals surface area contributed by atoms with Crippen molar-refractivity contribution in [3.63, 3.8) is 0 Å². The van der Waals surface area contributed by atoms with Crippen molar-refractivity contribution in [2.45, 2.75) is 71.1 Å². The van der Waals surface area contributed by atoms with Crippen LogP contribution >= 0.6 is 0 Å². The Kier molecular flexibility index (Phi) is 11.8. The zero-order chi connectivity index (χ0) is 29.0. The van der Waals surface area contributed by atoms with E-state index < -0.39 is 29.7 Å². The Morgan fingerprint density at radius 3 is 2.13 bits per heavy atom. The second-order valence-corrected chi connectivity index (χ2v) is 10.3. The van der Waals surface area contributed by atoms with Gasteiger partial charge in [-0.2, -0.15) is 0 Å². The molecule has 0 radical (unpaired) electrons. The highest BCUT2D eigenvalue weighted by Gasteiger charge is 2.35. The highest BCUT2D eigenvalue weighted by molar-refractivity contribution is 5.92. The number of ether oxygens (including phenoxy) is 1. The quantitative estimate of drug-likeness (QED) is 0.218. The van der Waals surface area contributed by atoms with Gasteiger partial charge < -0.3 is 30.5 Å². The molecule has 9 heteroatoms. The maximum atomic E-state index is 14.1. The summed E-state index contributed by atoms with van der Waals surface area (Å²) < 4.78 is 5.41. The molecule has 9 nitrogen and oxygen atoms in total. The van der Waals surface area contributed by atoms with E-state index in [0.29, 0.717) is 17.7 Å². The number of hydrogen-bond acceptors (Lipinski definition) is 6. The fraction of sp³-hybridized carbons (Fsp3) is 0.433. The molecular formula is C30H41N3O6. The first-order chi connectivity index (χ1) is 18.4. The number of phenolic OH excluding ortho intramolecular Hbond substituents is 2. The van der Waals surface area contributed by atoms with E-state index >= 15 is 0 Å². The molecule has 0 bridgehead atoms. The first-order valence-electron chi connectivity index (χ1n) is 13.2. The van der Waals surface area contributed by atoms with Crippen LogP contribution in [-0.4, -0.2) is 57.8 Å². The van der Waals surface area contributed by atoms with E-state index in [0.717, 1.165) is 19.3 Å². The summed E-state index contributed by atoms with van der Waals surface area (Å²) in [5, 5.41) is 25.1. The lowest BCUT2D eigenvalue weighted by Crippen LogP contribution is -2.54. The second-order valence-electron chi connectivity index (χ2n) is 10.3. The zero-order valence-electron chi connectivity index (χ0n) is 23.3. The van der Waals surface area contributed by atoms with Gasteiger partial charge >= 0.3 is 6.09 Å². The number of carbonyl (C=O) groups excluding carboxylic acids is 3. The number of carbonyl (C=O) groups is 3. The van der Waals surface area contributed by atoms with Crippen LogP contribution < -0.4 is 10.6 Å². The predicted octanol–water partition coefficient (Wildman–Crippen LogP) is 4.60. The number of aromatic hydroxyl groups is 2. The molecule has 0 saturated carbocycles. The Hall–Kier alpha value is -4.01. The summed E-state index contributed by atoms with van der Waals surface area (Å²) in [6.45, 7) is 11.5. The normalized spacial score (nSPS) is 12.6. The van der Waals surface area contributed by atoms with Gasteiger partial charge in [-0.3, -0.25) is 9.59 Å². The van der Waals surface area contributed by atoms with Gasteiger partial charge in [-0.05, 0) is 62.6 Å². The van der Waals surface area contributed by atoms with Gasteiger partial charge in [0, 0.05) is 19.5 Å². The van der Waals surface area contributed by atoms with Crippen LogP contribution in [0.25, 0.3) is 0 Å². The predicted molar refractivity (Wildman–Crippen MR) is 150 cm³/mol. The smallest absolute Gasteiger partial charge is 0.408 e. The van der Waals surface area contributed by atoms with Gasteiger partial charge in [-0.1, -0.05) is 50.1 Å². The van der Waals surface area contributed by atoms with Gasteiger partial charge in [0.2, 0.25) is 11.8 Å². The zero-order valence-corrected chi connectivity index (χ0v) is 23.3. The van der Waals surface area contributed by atoms with Crippen molar-refractivity contribution in [1.82, 2.24) is 15.5 Å². The molecular weight excluding hydrogens is 498 g/mol. The Labute approximate surface area is 230 Å². The molecule has 2 rings (SSSR count). The average Bonchev–Trinajstić information content (AvgIpc) is 2.87. The number of unbranched alkanes of at least 4 members (excludes halogenated alkanes) is 2. The van der Waals surface area contributed by atoms with Crippen molar-refractivity contribution in [3.05, 3.63) is 72.3 Å². The fourth-order valence-corrected chi connectivity index (χ4v) is 3.99. The summed E-state index contributed by atoms with van der Waals surface area (Å²) in [5.74, 6) is -0.801. The molecule has 2 aromatic carbocycles. The van der Waals surface area contributed by atoms with E-state index in [-0.39, 0.29) is 30.4 Å². The molecule has 0 heterocycles. The van der Waals surface area contributed by atoms with Crippen LogP contribution in [0.15, 0.2) is 61.2 Å². The lowest BCUT2D eigenvalue weighted by Gasteiger charge is -2.34. The van der Waals surface area contributed by atoms with Crippen LogP contribution in [0.2, 0.25) is 0 Å². The minimum absolute atomic E-state index is 0.0227. The second kappa shape index (κ2) is 14.8. The summed E-state index contributed by atoms with van der Waals surface area (Å²) in [7, 11) is 0. The number of amides is 3. The van der Waals surface area contributed by atoms with E-state index in [1.54, 1.807) is 45.0 Å². The lowest BCUT2D eigenvalue weighted by molar-refractivity contribution is -0.141. The van der Waals surface area contributed by atoms with Crippen LogP contribution in [0.1, 0.15) is 64.1 Å². The number of nitrogens with one attached hydrogen (secondary N) is 2. The summed E-state index contributed by atoms with van der Waals surface area (Å²) >= 11 is 0. The van der Waals surface area contributed by atoms with Gasteiger partial charge in [0.05, 0.1) is 0 Å². The molecule has 0 aromatic heterocycles. The molecule has 0 fully saturated rings. The number of phenols is 2. The van der Waals surface area contributed by atoms with Crippen molar-refractivity contribution in [3.8, 4) is 11.5 Å². The molecule has 2 atom stereocenters. The van der Waals surface area contributed by atoms with Gasteiger partial charge in [0.25, 0.3) is 0 Å². The lowest BCUT2D eigenvalue weighted by atomic mass is 10.00. The maximum Gasteiger partial charge on any atom is 0.408 e. The SMILES string of the molecule is C=CCN(C(=O)C(Cc1ccc(O)cc1)NC(=O)OC(C)(C)C)C(C(=O)NCCCCC)c1ccc(O)cc1. The largest absolute Gasteiger partial charge is 0.508 e. The maximum absolute atomic E-state index is 14.1. The van der Waals surface area contributed by atoms with Gasteiger partial charge in [-0.15, -0.1) is 6.58 Å². The molecule has 0 aliphatic carbocycles. The van der Waals surface area contributed by atoms with Gasteiger partial charge in [-0.25, -0.2) is 4.79 Å². The third kappa shape index (κ3) is 10.3. The summed E-state index contributed by atoms with van der Waals surface area (Å²) in [6, 6.07) is 10.3. The van der Waals surface area contributed by atoms with Crippen molar-refractivity contribution in [2.24, 2.45) is 0 Å². The Balaban J connectivity index is 2.47. The molecule has 4 N–H and O–H groups in total. The minimum Gasteiger partial charge on any atom is -0.508 e. The van der Waals surface area contributed by atoms with Crippen LogP contribution in [-0.2, 0) is 20.7 Å². The van der Waals surface area contributed by atoms with Gasteiger partial charge in [0.15, 0.2) is 0 Å². The van der Waals surface area contributed by atoms with Gasteiger partial charge in [0.1, 0.15) is 29.2 Å². The van der Waals surface area contributed by atoms with Crippen LogP contribution in [0.4, 0.5) is 4.79 Å². The molecule has 0 saturated heterocycles. The Morgan fingerprint density at radius 2 is 1.59 bits per heavy atom. The fourth-order valence-electron chi connectivity index (χ4n) is 3.99. The van der Waals surface area contributed by atoms with E-state index in [1.165, 1.54) is 35.2 Å². The molecule has 2 aromatic rings. The Bertz CT molecular complexity index is 1090. The van der Waals surface area contributed by atoms with E-state index in [1.807, 2.05) is 0 Å².